The molecule has 1 saturated carbocycles. The second-order valence-corrected chi connectivity index (χ2v) is 3.97. The number of fused-ring (bicyclic) bond motifs is 2. The Morgan fingerprint density at radius 2 is 2.08 bits per heavy atom. The van der Waals surface area contributed by atoms with Crippen molar-refractivity contribution >= 4 is 5.71 Å². The van der Waals surface area contributed by atoms with Crippen molar-refractivity contribution in [1.29, 1.82) is 0 Å². The maximum atomic E-state index is 4.61. The van der Waals surface area contributed by atoms with Crippen molar-refractivity contribution in [3.8, 4) is 0 Å². The first-order valence-electron chi connectivity index (χ1n) is 4.63. The van der Waals surface area contributed by atoms with Crippen LogP contribution in [0.25, 0.3) is 0 Å². The molecule has 12 heavy (non-hydrogen) atoms. The zero-order chi connectivity index (χ0) is 8.72. The van der Waals surface area contributed by atoms with Gasteiger partial charge in [-0.3, -0.25) is 4.99 Å². The van der Waals surface area contributed by atoms with E-state index in [2.05, 4.69) is 37.6 Å². The summed E-state index contributed by atoms with van der Waals surface area (Å²) in [7, 11) is 0. The van der Waals surface area contributed by atoms with Gasteiger partial charge < -0.3 is 0 Å². The minimum atomic E-state index is 0.407. The van der Waals surface area contributed by atoms with Crippen molar-refractivity contribution in [1.82, 2.24) is 0 Å². The first kappa shape index (κ1) is 7.78. The molecule has 1 fully saturated rings. The van der Waals surface area contributed by atoms with Crippen LogP contribution in [0.2, 0.25) is 0 Å². The largest absolute Gasteiger partial charge is 0.286 e. The Labute approximate surface area is 73.9 Å². The number of rotatable bonds is 1. The number of allylic oxidation sites excluding steroid dienone is 3. The van der Waals surface area contributed by atoms with Crippen molar-refractivity contribution < 1.29 is 0 Å². The van der Waals surface area contributed by atoms with Gasteiger partial charge in [-0.05, 0) is 25.8 Å². The molecule has 0 spiro atoms. The lowest BCUT2D eigenvalue weighted by Gasteiger charge is -2.11. The van der Waals surface area contributed by atoms with E-state index in [9.17, 15) is 0 Å². The van der Waals surface area contributed by atoms with Crippen LogP contribution in [-0.4, -0.2) is 11.8 Å². The Hall–Kier alpha value is -0.850. The Morgan fingerprint density at radius 1 is 1.42 bits per heavy atom. The average Bonchev–Trinajstić information content (AvgIpc) is 2.53. The van der Waals surface area contributed by atoms with Crippen LogP contribution >= 0.6 is 0 Å². The molecule has 2 unspecified atom stereocenters. The van der Waals surface area contributed by atoms with Crippen LogP contribution in [0, 0.1) is 11.8 Å². The van der Waals surface area contributed by atoms with Gasteiger partial charge in [-0.15, -0.1) is 0 Å². The molecule has 0 N–H and O–H groups in total. The Kier molecular flexibility index (Phi) is 1.67. The molecule has 0 aliphatic heterocycles. The van der Waals surface area contributed by atoms with E-state index < -0.39 is 0 Å². The normalized spacial score (nSPS) is 35.9. The number of hydrogen-bond acceptors (Lipinski definition) is 1. The zero-order valence-electron chi connectivity index (χ0n) is 7.75. The quantitative estimate of drug-likeness (QED) is 0.524. The van der Waals surface area contributed by atoms with Gasteiger partial charge in [0.05, 0.1) is 0 Å². The van der Waals surface area contributed by atoms with Crippen LogP contribution in [-0.2, 0) is 0 Å². The molecule has 2 bridgehead atoms. The molecular weight excluding hydrogens is 146 g/mol. The molecule has 1 nitrogen and oxygen atoms in total. The van der Waals surface area contributed by atoms with E-state index in [1.54, 1.807) is 0 Å². The second kappa shape index (κ2) is 2.58. The van der Waals surface area contributed by atoms with Gasteiger partial charge in [-0.1, -0.05) is 18.7 Å². The molecule has 0 saturated heterocycles. The molecule has 64 valence electrons. The molecule has 2 aliphatic carbocycles. The third-order valence-electron chi connectivity index (χ3n) is 2.61. The van der Waals surface area contributed by atoms with Gasteiger partial charge in [0.25, 0.3) is 0 Å². The monoisotopic (exact) mass is 161 g/mol. The highest BCUT2D eigenvalue weighted by atomic mass is 14.8. The van der Waals surface area contributed by atoms with Crippen LogP contribution in [0.5, 0.6) is 0 Å². The van der Waals surface area contributed by atoms with E-state index in [0.717, 1.165) is 0 Å². The van der Waals surface area contributed by atoms with E-state index in [1.807, 2.05) is 0 Å². The lowest BCUT2D eigenvalue weighted by molar-refractivity contribution is 0.746. The van der Waals surface area contributed by atoms with Gasteiger partial charge in [0.15, 0.2) is 0 Å². The maximum absolute atomic E-state index is 4.61. The smallest absolute Gasteiger partial charge is 0.0452 e. The summed E-state index contributed by atoms with van der Waals surface area (Å²) in [5, 5.41) is 0. The van der Waals surface area contributed by atoms with Crippen molar-refractivity contribution in [2.45, 2.75) is 26.3 Å². The maximum Gasteiger partial charge on any atom is 0.0452 e. The lowest BCUT2D eigenvalue weighted by atomic mass is 10.0. The summed E-state index contributed by atoms with van der Waals surface area (Å²) >= 11 is 0. The van der Waals surface area contributed by atoms with E-state index >= 15 is 0 Å². The van der Waals surface area contributed by atoms with Crippen LogP contribution in [0.15, 0.2) is 29.3 Å². The van der Waals surface area contributed by atoms with Crippen molar-refractivity contribution in [3.05, 3.63) is 24.3 Å². The molecule has 1 heteroatoms. The van der Waals surface area contributed by atoms with Crippen molar-refractivity contribution in [2.24, 2.45) is 16.8 Å². The summed E-state index contributed by atoms with van der Waals surface area (Å²) < 4.78 is 0. The number of nitrogens with zero attached hydrogens (tertiary/aromatic N) is 1. The fourth-order valence-corrected chi connectivity index (χ4v) is 2.05. The Morgan fingerprint density at radius 3 is 2.58 bits per heavy atom. The van der Waals surface area contributed by atoms with Gasteiger partial charge in [0.2, 0.25) is 0 Å². The number of hydrogen-bond donors (Lipinski definition) is 0. The summed E-state index contributed by atoms with van der Waals surface area (Å²) in [6, 6.07) is 0.407. The molecule has 0 radical (unpaired) electrons. The summed E-state index contributed by atoms with van der Waals surface area (Å²) in [4.78, 5) is 4.61. The molecular formula is C11H15N. The van der Waals surface area contributed by atoms with Gasteiger partial charge in [-0.25, -0.2) is 0 Å². The van der Waals surface area contributed by atoms with E-state index in [4.69, 9.17) is 0 Å². The minimum absolute atomic E-state index is 0.407. The lowest BCUT2D eigenvalue weighted by Crippen LogP contribution is -2.10. The molecule has 0 amide bonds. The summed E-state index contributed by atoms with van der Waals surface area (Å²) in [5.74, 6) is 1.19. The standard InChI is InChI=1S/C11H15N/c1-7(2)12-11-8(3)9-4-5-10(11)6-9/h4-5,7,9-10H,3,6H2,1-2H3. The van der Waals surface area contributed by atoms with Crippen molar-refractivity contribution in [2.75, 3.05) is 0 Å². The summed E-state index contributed by atoms with van der Waals surface area (Å²) in [6.07, 6.45) is 5.78. The van der Waals surface area contributed by atoms with Gasteiger partial charge in [-0.2, -0.15) is 0 Å². The number of aliphatic imine (C=N–C) groups is 1. The van der Waals surface area contributed by atoms with Crippen molar-refractivity contribution in [3.63, 3.8) is 0 Å². The molecule has 2 rings (SSSR count). The zero-order valence-corrected chi connectivity index (χ0v) is 7.75. The van der Waals surface area contributed by atoms with Gasteiger partial charge >= 0.3 is 0 Å². The highest BCUT2D eigenvalue weighted by Crippen LogP contribution is 2.40. The topological polar surface area (TPSA) is 12.4 Å². The van der Waals surface area contributed by atoms with Crippen LogP contribution in [0.1, 0.15) is 20.3 Å². The first-order chi connectivity index (χ1) is 5.68. The molecule has 2 atom stereocenters. The third kappa shape index (κ3) is 1.04. The average molecular weight is 161 g/mol. The first-order valence-corrected chi connectivity index (χ1v) is 4.63. The Balaban J connectivity index is 2.29. The summed E-state index contributed by atoms with van der Waals surface area (Å²) in [5.41, 5.74) is 2.52. The molecule has 2 aliphatic rings. The highest BCUT2D eigenvalue weighted by molar-refractivity contribution is 6.06. The minimum Gasteiger partial charge on any atom is -0.286 e. The predicted octanol–water partition coefficient (Wildman–Crippen LogP) is 2.60. The molecule has 0 aromatic rings. The van der Waals surface area contributed by atoms with Gasteiger partial charge in [0.1, 0.15) is 0 Å². The fraction of sp³-hybridized carbons (Fsp3) is 0.545. The van der Waals surface area contributed by atoms with Crippen LogP contribution in [0.4, 0.5) is 0 Å². The predicted molar refractivity (Wildman–Crippen MR) is 52.4 cm³/mol. The van der Waals surface area contributed by atoms with Crippen LogP contribution in [0.3, 0.4) is 0 Å². The summed E-state index contributed by atoms with van der Waals surface area (Å²) in [6.45, 7) is 8.33. The third-order valence-corrected chi connectivity index (χ3v) is 2.61. The van der Waals surface area contributed by atoms with Gasteiger partial charge in [0, 0.05) is 23.6 Å². The fourth-order valence-electron chi connectivity index (χ4n) is 2.05. The van der Waals surface area contributed by atoms with E-state index in [1.165, 1.54) is 17.7 Å². The Bertz CT molecular complexity index is 271. The van der Waals surface area contributed by atoms with E-state index in [0.29, 0.717) is 17.9 Å². The molecule has 0 heterocycles. The van der Waals surface area contributed by atoms with Crippen LogP contribution < -0.4 is 0 Å². The highest BCUT2D eigenvalue weighted by Gasteiger charge is 2.35. The van der Waals surface area contributed by atoms with E-state index in [-0.39, 0.29) is 0 Å². The second-order valence-electron chi connectivity index (χ2n) is 3.97. The SMILES string of the molecule is C=C1C(=NC(C)C)C2C=CC1C2. The molecule has 0 aromatic heterocycles. The molecule has 0 aromatic carbocycles.